The highest BCUT2D eigenvalue weighted by Gasteiger charge is 2.13. The van der Waals surface area contributed by atoms with Gasteiger partial charge in [0.15, 0.2) is 11.6 Å². The molecule has 29 heavy (non-hydrogen) atoms. The standard InChI is InChI=1S/C19H18Cl2O6S2/c20-16-6-4-14(28-16)12(22)2-8-18(24)26-10-1-11-27-19(25)9-3-13(23)15-5-7-17(21)29-15/h4-7H,1-3,8-11H2. The quantitative estimate of drug-likeness (QED) is 0.237. The molecule has 156 valence electrons. The zero-order valence-corrected chi connectivity index (χ0v) is 18.4. The van der Waals surface area contributed by atoms with Crippen LogP contribution in [0.1, 0.15) is 51.4 Å². The fourth-order valence-corrected chi connectivity index (χ4v) is 4.20. The van der Waals surface area contributed by atoms with Crippen LogP contribution in [0.4, 0.5) is 0 Å². The maximum Gasteiger partial charge on any atom is 0.306 e. The minimum atomic E-state index is -0.493. The molecule has 0 aromatic carbocycles. The van der Waals surface area contributed by atoms with Crippen molar-refractivity contribution in [2.75, 3.05) is 13.2 Å². The zero-order valence-electron chi connectivity index (χ0n) is 15.3. The van der Waals surface area contributed by atoms with E-state index >= 15 is 0 Å². The Hall–Kier alpha value is -1.74. The molecule has 0 bridgehead atoms. The predicted molar refractivity (Wildman–Crippen MR) is 112 cm³/mol. The number of rotatable bonds is 12. The van der Waals surface area contributed by atoms with E-state index in [1.165, 1.54) is 22.7 Å². The number of carbonyl (C=O) groups excluding carboxylic acids is 4. The molecule has 0 aliphatic carbocycles. The first-order valence-corrected chi connectivity index (χ1v) is 11.1. The SMILES string of the molecule is O=C(CCC(=O)c1ccc(Cl)s1)OCCCOC(=O)CCC(=O)c1ccc(Cl)s1. The number of halogens is 2. The van der Waals surface area contributed by atoms with Crippen LogP contribution in [0.25, 0.3) is 0 Å². The molecule has 0 spiro atoms. The summed E-state index contributed by atoms with van der Waals surface area (Å²) in [5, 5.41) is 0. The molecule has 10 heteroatoms. The van der Waals surface area contributed by atoms with Gasteiger partial charge in [0.1, 0.15) is 0 Å². The minimum absolute atomic E-state index is 0.0248. The zero-order chi connectivity index (χ0) is 21.2. The molecule has 0 saturated carbocycles. The Morgan fingerprint density at radius 3 is 1.45 bits per heavy atom. The summed E-state index contributed by atoms with van der Waals surface area (Å²) >= 11 is 13.9. The highest BCUT2D eigenvalue weighted by Crippen LogP contribution is 2.23. The molecule has 0 aliphatic rings. The summed E-state index contributed by atoms with van der Waals surface area (Å²) in [6.07, 6.45) is 0.384. The molecular formula is C19H18Cl2O6S2. The summed E-state index contributed by atoms with van der Waals surface area (Å²) in [6, 6.07) is 6.51. The lowest BCUT2D eigenvalue weighted by atomic mass is 10.2. The van der Waals surface area contributed by atoms with Gasteiger partial charge in [-0.3, -0.25) is 19.2 Å². The maximum atomic E-state index is 11.9. The normalized spacial score (nSPS) is 10.6. The van der Waals surface area contributed by atoms with Gasteiger partial charge in [-0.1, -0.05) is 23.2 Å². The highest BCUT2D eigenvalue weighted by molar-refractivity contribution is 7.18. The molecule has 2 aromatic rings. The van der Waals surface area contributed by atoms with Crippen LogP contribution in [-0.2, 0) is 19.1 Å². The van der Waals surface area contributed by atoms with Gasteiger partial charge >= 0.3 is 11.9 Å². The number of ketones is 2. The minimum Gasteiger partial charge on any atom is -0.466 e. The van der Waals surface area contributed by atoms with Crippen LogP contribution in [0.15, 0.2) is 24.3 Å². The lowest BCUT2D eigenvalue weighted by molar-refractivity contribution is -0.146. The van der Waals surface area contributed by atoms with Gasteiger partial charge in [-0.25, -0.2) is 0 Å². The molecule has 0 fully saturated rings. The second-order valence-corrected chi connectivity index (χ2v) is 9.28. The van der Waals surface area contributed by atoms with E-state index in [1.807, 2.05) is 0 Å². The van der Waals surface area contributed by atoms with Gasteiger partial charge in [0.2, 0.25) is 0 Å². The molecule has 0 saturated heterocycles. The van der Waals surface area contributed by atoms with E-state index in [0.717, 1.165) is 0 Å². The Morgan fingerprint density at radius 1 is 0.690 bits per heavy atom. The van der Waals surface area contributed by atoms with Crippen molar-refractivity contribution in [3.05, 3.63) is 42.7 Å². The Bertz CT molecular complexity index is 803. The lowest BCUT2D eigenvalue weighted by Crippen LogP contribution is -2.12. The Balaban J connectivity index is 1.51. The average Bonchev–Trinajstić information content (AvgIpc) is 3.32. The van der Waals surface area contributed by atoms with E-state index in [9.17, 15) is 19.2 Å². The lowest BCUT2D eigenvalue weighted by Gasteiger charge is -2.06. The highest BCUT2D eigenvalue weighted by atomic mass is 35.5. The largest absolute Gasteiger partial charge is 0.466 e. The third-order valence-corrected chi connectivity index (χ3v) is 6.17. The van der Waals surface area contributed by atoms with Gasteiger partial charge in [-0.15, -0.1) is 22.7 Å². The number of hydrogen-bond donors (Lipinski definition) is 0. The van der Waals surface area contributed by atoms with E-state index in [-0.39, 0.29) is 50.5 Å². The monoisotopic (exact) mass is 476 g/mol. The molecule has 0 N–H and O–H groups in total. The first-order chi connectivity index (χ1) is 13.8. The van der Waals surface area contributed by atoms with Crippen molar-refractivity contribution in [2.24, 2.45) is 0 Å². The fourth-order valence-electron chi connectivity index (χ4n) is 2.18. The van der Waals surface area contributed by atoms with Crippen molar-refractivity contribution in [3.8, 4) is 0 Å². The van der Waals surface area contributed by atoms with Gasteiger partial charge in [0.05, 0.1) is 44.5 Å². The Labute approximate surface area is 185 Å². The topological polar surface area (TPSA) is 86.7 Å². The van der Waals surface area contributed by atoms with Crippen molar-refractivity contribution >= 4 is 69.4 Å². The van der Waals surface area contributed by atoms with Gasteiger partial charge in [0.25, 0.3) is 0 Å². The van der Waals surface area contributed by atoms with Crippen LogP contribution >= 0.6 is 45.9 Å². The van der Waals surface area contributed by atoms with Crippen molar-refractivity contribution in [1.82, 2.24) is 0 Å². The smallest absolute Gasteiger partial charge is 0.306 e. The summed E-state index contributed by atoms with van der Waals surface area (Å²) in [7, 11) is 0. The molecule has 0 radical (unpaired) electrons. The van der Waals surface area contributed by atoms with Crippen molar-refractivity contribution in [3.63, 3.8) is 0 Å². The molecule has 6 nitrogen and oxygen atoms in total. The summed E-state index contributed by atoms with van der Waals surface area (Å²) < 4.78 is 11.0. The fraction of sp³-hybridized carbons (Fsp3) is 0.368. The first-order valence-electron chi connectivity index (χ1n) is 8.73. The number of esters is 2. The van der Waals surface area contributed by atoms with E-state index < -0.39 is 11.9 Å². The summed E-state index contributed by atoms with van der Waals surface area (Å²) in [5.74, 6) is -1.31. The number of thiophene rings is 2. The van der Waals surface area contributed by atoms with Crippen LogP contribution in [0.2, 0.25) is 8.67 Å². The van der Waals surface area contributed by atoms with Crippen molar-refractivity contribution < 1.29 is 28.7 Å². The molecule has 2 rings (SSSR count). The van der Waals surface area contributed by atoms with Crippen LogP contribution < -0.4 is 0 Å². The molecule has 0 aliphatic heterocycles. The number of carbonyl (C=O) groups is 4. The van der Waals surface area contributed by atoms with Gasteiger partial charge in [-0.05, 0) is 24.3 Å². The molecule has 2 aromatic heterocycles. The molecule has 0 amide bonds. The first kappa shape index (κ1) is 23.5. The van der Waals surface area contributed by atoms with Crippen LogP contribution in [0, 0.1) is 0 Å². The maximum absolute atomic E-state index is 11.9. The van der Waals surface area contributed by atoms with Crippen LogP contribution in [0.3, 0.4) is 0 Å². The second kappa shape index (κ2) is 12.1. The number of Topliss-reactive ketones (excluding diaryl/α,β-unsaturated/α-hetero) is 2. The third-order valence-electron chi connectivity index (χ3n) is 3.62. The van der Waals surface area contributed by atoms with Crippen molar-refractivity contribution in [2.45, 2.75) is 32.1 Å². The molecule has 0 unspecified atom stereocenters. The van der Waals surface area contributed by atoms with E-state index in [2.05, 4.69) is 0 Å². The van der Waals surface area contributed by atoms with E-state index in [0.29, 0.717) is 24.8 Å². The van der Waals surface area contributed by atoms with Gasteiger partial charge in [-0.2, -0.15) is 0 Å². The van der Waals surface area contributed by atoms with Crippen molar-refractivity contribution in [1.29, 1.82) is 0 Å². The second-order valence-electron chi connectivity index (χ2n) is 5.85. The van der Waals surface area contributed by atoms with Gasteiger partial charge in [0, 0.05) is 19.3 Å². The molecule has 2 heterocycles. The number of hydrogen-bond acceptors (Lipinski definition) is 8. The van der Waals surface area contributed by atoms with E-state index in [1.54, 1.807) is 24.3 Å². The number of ether oxygens (including phenoxy) is 2. The Morgan fingerprint density at radius 2 is 1.10 bits per heavy atom. The third kappa shape index (κ3) is 8.65. The summed E-state index contributed by atoms with van der Waals surface area (Å²) in [4.78, 5) is 48.1. The summed E-state index contributed by atoms with van der Waals surface area (Å²) in [6.45, 7) is 0.162. The predicted octanol–water partition coefficient (Wildman–Crippen LogP) is 5.22. The van der Waals surface area contributed by atoms with Crippen LogP contribution in [0.5, 0.6) is 0 Å². The van der Waals surface area contributed by atoms with Crippen LogP contribution in [-0.4, -0.2) is 36.7 Å². The summed E-state index contributed by atoms with van der Waals surface area (Å²) in [5.41, 5.74) is 0. The van der Waals surface area contributed by atoms with Gasteiger partial charge < -0.3 is 9.47 Å². The van der Waals surface area contributed by atoms with E-state index in [4.69, 9.17) is 32.7 Å². The molecular weight excluding hydrogens is 459 g/mol. The molecule has 0 atom stereocenters. The average molecular weight is 477 g/mol. The Kier molecular flexibility index (Phi) is 9.80.